The van der Waals surface area contributed by atoms with Crippen molar-refractivity contribution in [2.45, 2.75) is 19.4 Å². The van der Waals surface area contributed by atoms with Crippen molar-refractivity contribution in [1.82, 2.24) is 9.97 Å². The number of hydrogen-bond acceptors (Lipinski definition) is 4. The van der Waals surface area contributed by atoms with Gasteiger partial charge in [0.05, 0.1) is 0 Å². The van der Waals surface area contributed by atoms with Crippen LogP contribution in [0.4, 0.5) is 11.5 Å². The molecule has 2 heterocycles. The Morgan fingerprint density at radius 3 is 2.60 bits per heavy atom. The Morgan fingerprint density at radius 1 is 1.12 bits per heavy atom. The van der Waals surface area contributed by atoms with E-state index in [1.165, 1.54) is 11.8 Å². The van der Waals surface area contributed by atoms with Gasteiger partial charge in [-0.05, 0) is 25.0 Å². The van der Waals surface area contributed by atoms with Gasteiger partial charge in [-0.15, -0.1) is 0 Å². The van der Waals surface area contributed by atoms with E-state index in [9.17, 15) is 4.79 Å². The van der Waals surface area contributed by atoms with Crippen molar-refractivity contribution in [3.8, 4) is 11.4 Å². The molecule has 124 valence electrons. The van der Waals surface area contributed by atoms with Crippen molar-refractivity contribution < 1.29 is 4.79 Å². The van der Waals surface area contributed by atoms with Gasteiger partial charge in [-0.2, -0.15) is 0 Å². The molecule has 0 spiro atoms. The fraction of sp³-hybridized carbons (Fsp3) is 0.150. The molecule has 0 bridgehead atoms. The third-order valence-electron chi connectivity index (χ3n) is 4.50. The number of carbonyl (C=O) groups is 1. The first-order valence-electron chi connectivity index (χ1n) is 8.24. The van der Waals surface area contributed by atoms with E-state index in [2.05, 4.69) is 22.9 Å². The van der Waals surface area contributed by atoms with Gasteiger partial charge >= 0.3 is 0 Å². The molecule has 1 amide bonds. The SMILES string of the molecule is CC1Cc2ccccc2N1c1nc(-c2ccccc2)ncc1C(N)=O. The zero-order chi connectivity index (χ0) is 17.4. The number of anilines is 2. The summed E-state index contributed by atoms with van der Waals surface area (Å²) in [5.41, 5.74) is 9.14. The molecule has 0 fully saturated rings. The highest BCUT2D eigenvalue weighted by atomic mass is 16.1. The van der Waals surface area contributed by atoms with Gasteiger partial charge in [0.2, 0.25) is 0 Å². The number of para-hydroxylation sites is 1. The minimum Gasteiger partial charge on any atom is -0.365 e. The molecule has 5 heteroatoms. The van der Waals surface area contributed by atoms with Crippen molar-refractivity contribution in [2.24, 2.45) is 5.73 Å². The maximum absolute atomic E-state index is 12.0. The fourth-order valence-corrected chi connectivity index (χ4v) is 3.34. The molecule has 2 N–H and O–H groups in total. The van der Waals surface area contributed by atoms with Gasteiger partial charge in [0.1, 0.15) is 11.4 Å². The largest absolute Gasteiger partial charge is 0.365 e. The number of nitrogens with zero attached hydrogens (tertiary/aromatic N) is 3. The summed E-state index contributed by atoms with van der Waals surface area (Å²) in [6.07, 6.45) is 2.43. The highest BCUT2D eigenvalue weighted by Crippen LogP contribution is 2.39. The number of rotatable bonds is 3. The molecule has 0 saturated carbocycles. The van der Waals surface area contributed by atoms with Gasteiger partial charge in [0, 0.05) is 23.5 Å². The molecular formula is C20H18N4O. The van der Waals surface area contributed by atoms with Gasteiger partial charge in [0.15, 0.2) is 5.82 Å². The second kappa shape index (κ2) is 6.02. The molecule has 2 aromatic carbocycles. The van der Waals surface area contributed by atoms with Crippen molar-refractivity contribution in [2.75, 3.05) is 4.90 Å². The topological polar surface area (TPSA) is 72.1 Å². The second-order valence-electron chi connectivity index (χ2n) is 6.21. The van der Waals surface area contributed by atoms with Crippen LogP contribution in [0.25, 0.3) is 11.4 Å². The van der Waals surface area contributed by atoms with Crippen molar-refractivity contribution in [1.29, 1.82) is 0 Å². The van der Waals surface area contributed by atoms with Crippen LogP contribution in [0.5, 0.6) is 0 Å². The second-order valence-corrected chi connectivity index (χ2v) is 6.21. The number of primary amides is 1. The minimum atomic E-state index is -0.522. The molecule has 1 aromatic heterocycles. The maximum atomic E-state index is 12.0. The lowest BCUT2D eigenvalue weighted by Crippen LogP contribution is -2.28. The summed E-state index contributed by atoms with van der Waals surface area (Å²) in [6.45, 7) is 2.12. The Bertz CT molecular complexity index is 939. The summed E-state index contributed by atoms with van der Waals surface area (Å²) >= 11 is 0. The summed E-state index contributed by atoms with van der Waals surface area (Å²) < 4.78 is 0. The van der Waals surface area contributed by atoms with Gasteiger partial charge in [0.25, 0.3) is 5.91 Å². The lowest BCUT2D eigenvalue weighted by Gasteiger charge is -2.25. The number of carbonyl (C=O) groups excluding carboxylic acids is 1. The van der Waals surface area contributed by atoms with Crippen LogP contribution in [-0.4, -0.2) is 21.9 Å². The molecule has 0 aliphatic carbocycles. The predicted octanol–water partition coefficient (Wildman–Crippen LogP) is 3.33. The smallest absolute Gasteiger partial charge is 0.254 e. The molecule has 1 aliphatic rings. The lowest BCUT2D eigenvalue weighted by molar-refractivity contribution is 0.1000. The van der Waals surface area contributed by atoms with Crippen molar-refractivity contribution in [3.05, 3.63) is 71.9 Å². The first-order chi connectivity index (χ1) is 12.1. The zero-order valence-corrected chi connectivity index (χ0v) is 13.9. The average Bonchev–Trinajstić information content (AvgIpc) is 2.97. The molecule has 5 nitrogen and oxygen atoms in total. The standard InChI is InChI=1S/C20H18N4O/c1-13-11-15-9-5-6-10-17(15)24(13)20-16(18(21)25)12-22-19(23-20)14-7-3-2-4-8-14/h2-10,12-13H,11H2,1H3,(H2,21,25). The minimum absolute atomic E-state index is 0.189. The molecule has 0 saturated heterocycles. The van der Waals surface area contributed by atoms with E-state index < -0.39 is 5.91 Å². The van der Waals surface area contributed by atoms with Gasteiger partial charge in [-0.1, -0.05) is 48.5 Å². The first-order valence-corrected chi connectivity index (χ1v) is 8.24. The zero-order valence-electron chi connectivity index (χ0n) is 13.9. The normalized spacial score (nSPS) is 15.9. The molecule has 3 aromatic rings. The number of benzene rings is 2. The van der Waals surface area contributed by atoms with Crippen molar-refractivity contribution in [3.63, 3.8) is 0 Å². The summed E-state index contributed by atoms with van der Waals surface area (Å²) in [5, 5.41) is 0. The monoisotopic (exact) mass is 330 g/mol. The Balaban J connectivity index is 1.89. The van der Waals surface area contributed by atoms with Crippen LogP contribution in [-0.2, 0) is 6.42 Å². The average molecular weight is 330 g/mol. The summed E-state index contributed by atoms with van der Waals surface area (Å²) in [5.74, 6) is 0.627. The Labute approximate surface area is 146 Å². The highest BCUT2D eigenvalue weighted by molar-refractivity contribution is 5.99. The third-order valence-corrected chi connectivity index (χ3v) is 4.50. The van der Waals surface area contributed by atoms with Crippen LogP contribution in [0, 0.1) is 0 Å². The molecule has 25 heavy (non-hydrogen) atoms. The molecule has 4 rings (SSSR count). The Hall–Kier alpha value is -3.21. The van der Waals surface area contributed by atoms with Crippen LogP contribution in [0.2, 0.25) is 0 Å². The first kappa shape index (κ1) is 15.3. The number of hydrogen-bond donors (Lipinski definition) is 1. The Kier molecular flexibility index (Phi) is 3.69. The third kappa shape index (κ3) is 2.63. The van der Waals surface area contributed by atoms with E-state index in [0.29, 0.717) is 17.2 Å². The van der Waals surface area contributed by atoms with E-state index in [1.54, 1.807) is 0 Å². The molecule has 1 unspecified atom stereocenters. The van der Waals surface area contributed by atoms with Crippen LogP contribution in [0.3, 0.4) is 0 Å². The van der Waals surface area contributed by atoms with E-state index in [4.69, 9.17) is 10.7 Å². The summed E-state index contributed by atoms with van der Waals surface area (Å²) in [7, 11) is 0. The van der Waals surface area contributed by atoms with Gasteiger partial charge in [-0.3, -0.25) is 4.79 Å². The summed E-state index contributed by atoms with van der Waals surface area (Å²) in [6, 6.07) is 18.1. The van der Waals surface area contributed by atoms with Gasteiger partial charge < -0.3 is 10.6 Å². The number of amides is 1. The van der Waals surface area contributed by atoms with Crippen LogP contribution >= 0.6 is 0 Å². The number of aromatic nitrogens is 2. The molecule has 1 atom stereocenters. The van der Waals surface area contributed by atoms with Gasteiger partial charge in [-0.25, -0.2) is 9.97 Å². The van der Waals surface area contributed by atoms with Crippen LogP contribution in [0.15, 0.2) is 60.8 Å². The number of fused-ring (bicyclic) bond motifs is 1. The fourth-order valence-electron chi connectivity index (χ4n) is 3.34. The number of nitrogens with two attached hydrogens (primary N) is 1. The van der Waals surface area contributed by atoms with E-state index >= 15 is 0 Å². The predicted molar refractivity (Wildman–Crippen MR) is 97.7 cm³/mol. The molecule has 1 aliphatic heterocycles. The van der Waals surface area contributed by atoms with Crippen molar-refractivity contribution >= 4 is 17.4 Å². The Morgan fingerprint density at radius 2 is 1.84 bits per heavy atom. The lowest BCUT2D eigenvalue weighted by atomic mass is 10.1. The van der Waals surface area contributed by atoms with E-state index in [0.717, 1.165) is 17.7 Å². The van der Waals surface area contributed by atoms with Crippen LogP contribution < -0.4 is 10.6 Å². The van der Waals surface area contributed by atoms with E-state index in [1.807, 2.05) is 48.5 Å². The highest BCUT2D eigenvalue weighted by Gasteiger charge is 2.31. The van der Waals surface area contributed by atoms with Crippen LogP contribution in [0.1, 0.15) is 22.8 Å². The maximum Gasteiger partial charge on any atom is 0.254 e. The summed E-state index contributed by atoms with van der Waals surface area (Å²) in [4.78, 5) is 23.1. The quantitative estimate of drug-likeness (QED) is 0.799. The van der Waals surface area contributed by atoms with E-state index in [-0.39, 0.29) is 6.04 Å². The molecule has 0 radical (unpaired) electrons. The molecular weight excluding hydrogens is 312 g/mol.